The van der Waals surface area contributed by atoms with E-state index in [2.05, 4.69) is 25.4 Å². The Morgan fingerprint density at radius 2 is 1.96 bits per heavy atom. The molecule has 23 heavy (non-hydrogen) atoms. The average molecular weight is 323 g/mol. The van der Waals surface area contributed by atoms with Gasteiger partial charge in [0, 0.05) is 64.6 Å². The molecule has 1 aromatic rings. The highest BCUT2D eigenvalue weighted by Gasteiger charge is 2.17. The maximum atomic E-state index is 14.3. The number of nitrogens with zero attached hydrogens (tertiary/aromatic N) is 3. The summed E-state index contributed by atoms with van der Waals surface area (Å²) in [6, 6.07) is 5.18. The zero-order valence-corrected chi connectivity index (χ0v) is 13.8. The molecule has 1 aliphatic rings. The van der Waals surface area contributed by atoms with E-state index in [1.54, 1.807) is 14.1 Å². The first-order valence-electron chi connectivity index (χ1n) is 7.91. The number of guanidine groups is 1. The summed E-state index contributed by atoms with van der Waals surface area (Å²) in [6.45, 7) is 5.15. The van der Waals surface area contributed by atoms with Crippen molar-refractivity contribution in [3.63, 3.8) is 0 Å². The van der Waals surface area contributed by atoms with Crippen molar-refractivity contribution >= 4 is 11.6 Å². The monoisotopic (exact) mass is 323 g/mol. The number of halogens is 1. The van der Waals surface area contributed by atoms with Crippen LogP contribution in [0, 0.1) is 5.82 Å². The number of aliphatic hydroxyl groups excluding tert-OH is 1. The summed E-state index contributed by atoms with van der Waals surface area (Å²) in [5, 5.41) is 14.9. The maximum absolute atomic E-state index is 14.3. The fourth-order valence-corrected chi connectivity index (χ4v) is 2.67. The molecule has 1 fully saturated rings. The number of piperazine rings is 1. The second-order valence-electron chi connectivity index (χ2n) is 5.59. The number of anilines is 1. The van der Waals surface area contributed by atoms with E-state index in [9.17, 15) is 4.39 Å². The molecule has 7 heteroatoms. The van der Waals surface area contributed by atoms with Crippen molar-refractivity contribution < 1.29 is 9.50 Å². The first-order valence-corrected chi connectivity index (χ1v) is 7.91. The van der Waals surface area contributed by atoms with Crippen LogP contribution in [0.1, 0.15) is 5.56 Å². The van der Waals surface area contributed by atoms with Crippen LogP contribution in [0.3, 0.4) is 0 Å². The summed E-state index contributed by atoms with van der Waals surface area (Å²) in [4.78, 5) is 8.48. The van der Waals surface area contributed by atoms with Gasteiger partial charge >= 0.3 is 0 Å². The lowest BCUT2D eigenvalue weighted by atomic mass is 10.1. The number of aliphatic imine (C=N–C) groups is 1. The van der Waals surface area contributed by atoms with Crippen molar-refractivity contribution in [1.82, 2.24) is 15.1 Å². The molecule has 2 rings (SSSR count). The van der Waals surface area contributed by atoms with Crippen LogP contribution in [0.4, 0.5) is 10.1 Å². The lowest BCUT2D eigenvalue weighted by Gasteiger charge is -2.34. The van der Waals surface area contributed by atoms with E-state index in [1.165, 1.54) is 6.07 Å². The van der Waals surface area contributed by atoms with E-state index in [1.807, 2.05) is 12.1 Å². The van der Waals surface area contributed by atoms with Crippen LogP contribution in [-0.4, -0.2) is 74.3 Å². The summed E-state index contributed by atoms with van der Waals surface area (Å²) < 4.78 is 14.3. The Morgan fingerprint density at radius 3 is 2.52 bits per heavy atom. The molecule has 0 saturated carbocycles. The molecule has 3 N–H and O–H groups in total. The van der Waals surface area contributed by atoms with Gasteiger partial charge in [-0.2, -0.15) is 0 Å². The van der Waals surface area contributed by atoms with Crippen LogP contribution in [0.2, 0.25) is 0 Å². The first kappa shape index (κ1) is 17.7. The first-order chi connectivity index (χ1) is 11.2. The molecule has 0 aromatic heterocycles. The van der Waals surface area contributed by atoms with Gasteiger partial charge in [-0.15, -0.1) is 0 Å². The highest BCUT2D eigenvalue weighted by molar-refractivity contribution is 5.93. The van der Waals surface area contributed by atoms with E-state index in [0.717, 1.165) is 32.7 Å². The zero-order valence-electron chi connectivity index (χ0n) is 13.8. The predicted octanol–water partition coefficient (Wildman–Crippen LogP) is 0.553. The molecule has 128 valence electrons. The van der Waals surface area contributed by atoms with Gasteiger partial charge in [0.2, 0.25) is 0 Å². The Morgan fingerprint density at radius 1 is 1.26 bits per heavy atom. The van der Waals surface area contributed by atoms with E-state index in [-0.39, 0.29) is 12.4 Å². The Hall–Kier alpha value is -1.70. The molecular formula is C16H26FN5O. The van der Waals surface area contributed by atoms with Crippen molar-refractivity contribution in [2.75, 3.05) is 58.7 Å². The van der Waals surface area contributed by atoms with Crippen LogP contribution >= 0.6 is 0 Å². The normalized spacial score (nSPS) is 17.3. The molecule has 0 bridgehead atoms. The van der Waals surface area contributed by atoms with Crippen LogP contribution in [0.15, 0.2) is 23.2 Å². The lowest BCUT2D eigenvalue weighted by molar-refractivity contribution is 0.108. The maximum Gasteiger partial charge on any atom is 0.195 e. The number of benzene rings is 1. The molecule has 1 heterocycles. The quantitative estimate of drug-likeness (QED) is 0.546. The molecule has 0 radical (unpaired) electrons. The van der Waals surface area contributed by atoms with Gasteiger partial charge < -0.3 is 15.7 Å². The van der Waals surface area contributed by atoms with Gasteiger partial charge in [-0.05, 0) is 12.1 Å². The summed E-state index contributed by atoms with van der Waals surface area (Å²) in [7, 11) is 3.43. The van der Waals surface area contributed by atoms with Crippen LogP contribution in [0.5, 0.6) is 0 Å². The van der Waals surface area contributed by atoms with Gasteiger partial charge in [-0.3, -0.25) is 14.8 Å². The minimum Gasteiger partial charge on any atom is -0.395 e. The van der Waals surface area contributed by atoms with Crippen molar-refractivity contribution in [1.29, 1.82) is 0 Å². The van der Waals surface area contributed by atoms with Gasteiger partial charge in [0.15, 0.2) is 5.96 Å². The number of rotatable bonds is 5. The average Bonchev–Trinajstić information content (AvgIpc) is 2.57. The molecule has 1 aliphatic heterocycles. The van der Waals surface area contributed by atoms with Gasteiger partial charge in [-0.1, -0.05) is 6.07 Å². The van der Waals surface area contributed by atoms with E-state index in [4.69, 9.17) is 5.11 Å². The van der Waals surface area contributed by atoms with Crippen molar-refractivity contribution in [2.24, 2.45) is 4.99 Å². The summed E-state index contributed by atoms with van der Waals surface area (Å²) >= 11 is 0. The summed E-state index contributed by atoms with van der Waals surface area (Å²) in [5.41, 5.74) is 1.37. The smallest absolute Gasteiger partial charge is 0.195 e. The molecule has 6 nitrogen and oxygen atoms in total. The third kappa shape index (κ3) is 5.16. The Kier molecular flexibility index (Phi) is 6.76. The Labute approximate surface area is 137 Å². The van der Waals surface area contributed by atoms with Gasteiger partial charge in [0.25, 0.3) is 0 Å². The fourth-order valence-electron chi connectivity index (χ4n) is 2.67. The van der Waals surface area contributed by atoms with Gasteiger partial charge in [0.05, 0.1) is 6.61 Å². The number of aliphatic hydroxyl groups is 1. The van der Waals surface area contributed by atoms with Crippen LogP contribution in [0.25, 0.3) is 0 Å². The minimum atomic E-state index is -0.209. The molecule has 0 aliphatic carbocycles. The molecule has 0 spiro atoms. The highest BCUT2D eigenvalue weighted by Crippen LogP contribution is 2.17. The number of β-amino-alcohol motifs (C(OH)–C–C–N with tert-alkyl or cyclic N) is 1. The van der Waals surface area contributed by atoms with Crippen LogP contribution in [-0.2, 0) is 6.54 Å². The predicted molar refractivity (Wildman–Crippen MR) is 91.2 cm³/mol. The number of hydrogen-bond acceptors (Lipinski definition) is 4. The van der Waals surface area contributed by atoms with E-state index >= 15 is 0 Å². The van der Waals surface area contributed by atoms with Gasteiger partial charge in [-0.25, -0.2) is 4.39 Å². The third-order valence-corrected chi connectivity index (χ3v) is 4.05. The minimum absolute atomic E-state index is 0.193. The molecule has 0 amide bonds. The highest BCUT2D eigenvalue weighted by atomic mass is 19.1. The van der Waals surface area contributed by atoms with E-state index in [0.29, 0.717) is 23.8 Å². The van der Waals surface area contributed by atoms with E-state index < -0.39 is 0 Å². The summed E-state index contributed by atoms with van der Waals surface area (Å²) in [5.74, 6) is 0.386. The lowest BCUT2D eigenvalue weighted by Crippen LogP contribution is -2.46. The Balaban J connectivity index is 1.91. The summed E-state index contributed by atoms with van der Waals surface area (Å²) in [6.07, 6.45) is 0. The topological polar surface area (TPSA) is 63.1 Å². The van der Waals surface area contributed by atoms with Crippen LogP contribution < -0.4 is 10.6 Å². The van der Waals surface area contributed by atoms with Crippen molar-refractivity contribution in [3.8, 4) is 0 Å². The zero-order chi connectivity index (χ0) is 16.7. The number of hydrogen-bond donors (Lipinski definition) is 3. The van der Waals surface area contributed by atoms with Crippen molar-refractivity contribution in [2.45, 2.75) is 6.54 Å². The number of nitrogens with one attached hydrogen (secondary N) is 2. The molecule has 0 atom stereocenters. The fraction of sp³-hybridized carbons (Fsp3) is 0.562. The third-order valence-electron chi connectivity index (χ3n) is 4.05. The SMILES string of the molecule is C/N=C(\NC)Nc1ccc(CN2CCN(CCO)CC2)c(F)c1. The van der Waals surface area contributed by atoms with Crippen molar-refractivity contribution in [3.05, 3.63) is 29.6 Å². The largest absolute Gasteiger partial charge is 0.395 e. The second kappa shape index (κ2) is 8.81. The standard InChI is InChI=1S/C16H26FN5O/c1-18-16(19-2)20-14-4-3-13(15(17)11-14)12-22-7-5-21(6-8-22)9-10-23/h3-4,11,23H,5-10,12H2,1-2H3,(H2,18,19,20). The Bertz CT molecular complexity index is 529. The molecule has 0 unspecified atom stereocenters. The molecule has 1 saturated heterocycles. The van der Waals surface area contributed by atoms with Gasteiger partial charge in [0.1, 0.15) is 5.82 Å². The second-order valence-corrected chi connectivity index (χ2v) is 5.59. The molecule has 1 aromatic carbocycles. The molecular weight excluding hydrogens is 297 g/mol.